The quantitative estimate of drug-likeness (QED) is 0.579. The normalized spacial score (nSPS) is 19.1. The molecule has 0 unspecified atom stereocenters. The van der Waals surface area contributed by atoms with Crippen LogP contribution in [-0.2, 0) is 4.79 Å². The second-order valence-corrected chi connectivity index (χ2v) is 9.45. The predicted octanol–water partition coefficient (Wildman–Crippen LogP) is 0.960. The van der Waals surface area contributed by atoms with Crippen molar-refractivity contribution in [2.45, 2.75) is 37.7 Å². The van der Waals surface area contributed by atoms with Gasteiger partial charge in [0.05, 0.1) is 0 Å². The summed E-state index contributed by atoms with van der Waals surface area (Å²) in [5.41, 5.74) is 9.26. The third kappa shape index (κ3) is 4.45. The summed E-state index contributed by atoms with van der Waals surface area (Å²) >= 11 is 0. The average molecular weight is 461 g/mol. The summed E-state index contributed by atoms with van der Waals surface area (Å²) in [4.78, 5) is 28.8. The van der Waals surface area contributed by atoms with Crippen LogP contribution in [0.4, 0.5) is 0 Å². The van der Waals surface area contributed by atoms with Gasteiger partial charge in [0.1, 0.15) is 5.60 Å². The van der Waals surface area contributed by atoms with Crippen LogP contribution in [0.25, 0.3) is 22.9 Å². The molecule has 2 aromatic rings. The fourth-order valence-corrected chi connectivity index (χ4v) is 4.85. The summed E-state index contributed by atoms with van der Waals surface area (Å²) in [6.45, 7) is 1.91. The van der Waals surface area contributed by atoms with Crippen molar-refractivity contribution in [1.82, 2.24) is 20.7 Å². The second kappa shape index (κ2) is 9.24. The molecular formula is C27H32N4O3. The average Bonchev–Trinajstić information content (AvgIpc) is 3.66. The summed E-state index contributed by atoms with van der Waals surface area (Å²) in [6.07, 6.45) is 6.58. The minimum absolute atomic E-state index is 0.0193. The van der Waals surface area contributed by atoms with E-state index < -0.39 is 5.60 Å². The molecule has 0 spiro atoms. The Hall–Kier alpha value is -3.16. The number of nitrogens with zero attached hydrogens (tertiary/aromatic N) is 2. The lowest BCUT2D eigenvalue weighted by Gasteiger charge is -2.35. The number of rotatable bonds is 5. The van der Waals surface area contributed by atoms with Gasteiger partial charge in [0.2, 0.25) is 0 Å². The first-order chi connectivity index (χ1) is 16.5. The van der Waals surface area contributed by atoms with E-state index in [1.807, 2.05) is 31.3 Å². The molecule has 1 saturated carbocycles. The third-order valence-electron chi connectivity index (χ3n) is 7.09. The SMILES string of the molecule is CNNC1=c2cc(-c3ccc(C(=O)N4CCN(C(=O)C5(O)CC5)CC4)cc3)ccc2=CCCC1. The number of nitrogens with one attached hydrogen (secondary N) is 2. The highest BCUT2D eigenvalue weighted by Gasteiger charge is 2.50. The maximum absolute atomic E-state index is 13.0. The summed E-state index contributed by atoms with van der Waals surface area (Å²) in [6, 6.07) is 14.3. The number of aliphatic hydroxyl groups is 1. The lowest BCUT2D eigenvalue weighted by molar-refractivity contribution is -0.143. The van der Waals surface area contributed by atoms with Crippen LogP contribution in [0.15, 0.2) is 42.5 Å². The van der Waals surface area contributed by atoms with Gasteiger partial charge in [0, 0.05) is 49.7 Å². The highest BCUT2D eigenvalue weighted by atomic mass is 16.3. The van der Waals surface area contributed by atoms with Crippen molar-refractivity contribution in [3.63, 3.8) is 0 Å². The molecule has 0 radical (unpaired) electrons. The number of amides is 2. The summed E-state index contributed by atoms with van der Waals surface area (Å²) in [5.74, 6) is -0.207. The molecule has 2 fully saturated rings. The Labute approximate surface area is 199 Å². The number of carbonyl (C=O) groups excluding carboxylic acids is 2. The first kappa shape index (κ1) is 22.6. The number of hydrogen-bond donors (Lipinski definition) is 3. The Balaban J connectivity index is 1.30. The Morgan fingerprint density at radius 1 is 0.941 bits per heavy atom. The first-order valence-corrected chi connectivity index (χ1v) is 12.2. The molecule has 0 bridgehead atoms. The maximum atomic E-state index is 13.0. The van der Waals surface area contributed by atoms with Crippen molar-refractivity contribution in [3.8, 4) is 11.1 Å². The Kier molecular flexibility index (Phi) is 6.15. The van der Waals surface area contributed by atoms with Crippen LogP contribution in [-0.4, -0.2) is 65.5 Å². The molecule has 5 rings (SSSR count). The van der Waals surface area contributed by atoms with Crippen molar-refractivity contribution in [1.29, 1.82) is 0 Å². The molecule has 1 saturated heterocycles. The molecule has 1 aliphatic heterocycles. The number of hydrazine groups is 1. The molecule has 2 aliphatic carbocycles. The number of benzene rings is 2. The summed E-state index contributed by atoms with van der Waals surface area (Å²) in [7, 11) is 1.88. The zero-order valence-corrected chi connectivity index (χ0v) is 19.6. The fraction of sp³-hybridized carbons (Fsp3) is 0.407. The number of carbonyl (C=O) groups is 2. The van der Waals surface area contributed by atoms with Gasteiger partial charge < -0.3 is 20.3 Å². The van der Waals surface area contributed by atoms with E-state index in [1.54, 1.807) is 9.80 Å². The van der Waals surface area contributed by atoms with Crippen LogP contribution in [0.2, 0.25) is 0 Å². The van der Waals surface area contributed by atoms with Crippen LogP contribution in [0.3, 0.4) is 0 Å². The molecule has 2 aromatic carbocycles. The Morgan fingerprint density at radius 2 is 1.62 bits per heavy atom. The molecule has 7 nitrogen and oxygen atoms in total. The lowest BCUT2D eigenvalue weighted by Crippen LogP contribution is -2.53. The van der Waals surface area contributed by atoms with Crippen molar-refractivity contribution in [3.05, 3.63) is 58.5 Å². The van der Waals surface area contributed by atoms with E-state index >= 15 is 0 Å². The molecule has 7 heteroatoms. The maximum Gasteiger partial charge on any atom is 0.254 e. The molecule has 2 amide bonds. The number of fused-ring (bicyclic) bond motifs is 1. The minimum atomic E-state index is -1.14. The van der Waals surface area contributed by atoms with E-state index in [4.69, 9.17) is 0 Å². The highest BCUT2D eigenvalue weighted by molar-refractivity contribution is 5.95. The molecule has 178 valence electrons. The van der Waals surface area contributed by atoms with Gasteiger partial charge in [-0.1, -0.05) is 30.3 Å². The third-order valence-corrected chi connectivity index (χ3v) is 7.09. The molecule has 0 aromatic heterocycles. The lowest BCUT2D eigenvalue weighted by atomic mass is 10.0. The predicted molar refractivity (Wildman–Crippen MR) is 132 cm³/mol. The molecular weight excluding hydrogens is 428 g/mol. The van der Waals surface area contributed by atoms with Crippen LogP contribution < -0.4 is 21.3 Å². The first-order valence-electron chi connectivity index (χ1n) is 12.2. The second-order valence-electron chi connectivity index (χ2n) is 9.45. The van der Waals surface area contributed by atoms with Gasteiger partial charge in [0.25, 0.3) is 11.8 Å². The van der Waals surface area contributed by atoms with Gasteiger partial charge in [-0.2, -0.15) is 0 Å². The number of piperazine rings is 1. The van der Waals surface area contributed by atoms with Crippen molar-refractivity contribution in [2.24, 2.45) is 0 Å². The molecule has 34 heavy (non-hydrogen) atoms. The van der Waals surface area contributed by atoms with E-state index in [9.17, 15) is 14.7 Å². The Bertz CT molecular complexity index is 1210. The van der Waals surface area contributed by atoms with Gasteiger partial charge >= 0.3 is 0 Å². The van der Waals surface area contributed by atoms with Crippen molar-refractivity contribution in [2.75, 3.05) is 33.2 Å². The van der Waals surface area contributed by atoms with E-state index in [-0.39, 0.29) is 11.8 Å². The van der Waals surface area contributed by atoms with Gasteiger partial charge in [-0.25, -0.2) is 5.43 Å². The fourth-order valence-electron chi connectivity index (χ4n) is 4.85. The zero-order chi connectivity index (χ0) is 23.7. The standard InChI is InChI=1S/C27H32N4O3/c1-28-29-24-5-3-2-4-20-8-11-22(18-23(20)24)19-6-9-21(10-7-19)25(32)30-14-16-31(17-15-30)26(33)27(34)12-13-27/h4,6-11,18,28-29,34H,2-3,5,12-17H2,1H3. The van der Waals surface area contributed by atoms with E-state index in [0.717, 1.165) is 30.4 Å². The van der Waals surface area contributed by atoms with Gasteiger partial charge in [0.15, 0.2) is 0 Å². The Morgan fingerprint density at radius 3 is 2.29 bits per heavy atom. The summed E-state index contributed by atoms with van der Waals surface area (Å²) in [5, 5.41) is 12.5. The summed E-state index contributed by atoms with van der Waals surface area (Å²) < 4.78 is 0. The van der Waals surface area contributed by atoms with E-state index in [1.165, 1.54) is 16.1 Å². The van der Waals surface area contributed by atoms with Crippen LogP contribution >= 0.6 is 0 Å². The molecule has 0 atom stereocenters. The monoisotopic (exact) mass is 460 g/mol. The largest absolute Gasteiger partial charge is 0.380 e. The smallest absolute Gasteiger partial charge is 0.254 e. The van der Waals surface area contributed by atoms with Gasteiger partial charge in [-0.05, 0) is 66.6 Å². The molecule has 3 N–H and O–H groups in total. The van der Waals surface area contributed by atoms with Gasteiger partial charge in [-0.3, -0.25) is 9.59 Å². The topological polar surface area (TPSA) is 84.9 Å². The van der Waals surface area contributed by atoms with Crippen LogP contribution in [0, 0.1) is 0 Å². The van der Waals surface area contributed by atoms with Gasteiger partial charge in [-0.15, -0.1) is 0 Å². The van der Waals surface area contributed by atoms with E-state index in [2.05, 4.69) is 35.1 Å². The highest BCUT2D eigenvalue weighted by Crippen LogP contribution is 2.37. The zero-order valence-electron chi connectivity index (χ0n) is 19.6. The van der Waals surface area contributed by atoms with Crippen LogP contribution in [0.1, 0.15) is 42.5 Å². The molecule has 1 heterocycles. The van der Waals surface area contributed by atoms with Crippen molar-refractivity contribution >= 4 is 23.6 Å². The minimum Gasteiger partial charge on any atom is -0.380 e. The number of hydrogen-bond acceptors (Lipinski definition) is 5. The van der Waals surface area contributed by atoms with Crippen molar-refractivity contribution < 1.29 is 14.7 Å². The van der Waals surface area contributed by atoms with Crippen LogP contribution in [0.5, 0.6) is 0 Å². The van der Waals surface area contributed by atoms with E-state index in [0.29, 0.717) is 44.6 Å². The molecule has 3 aliphatic rings.